The molecule has 0 aliphatic heterocycles. The van der Waals surface area contributed by atoms with Crippen LogP contribution in [0.2, 0.25) is 5.02 Å². The van der Waals surface area contributed by atoms with E-state index in [4.69, 9.17) is 11.6 Å². The number of halogens is 1. The Morgan fingerprint density at radius 1 is 1.33 bits per heavy atom. The lowest BCUT2D eigenvalue weighted by Gasteiger charge is -1.93. The number of carboxylic acid groups (broad SMARTS) is 1. The van der Waals surface area contributed by atoms with Gasteiger partial charge in [-0.1, -0.05) is 29.8 Å². The van der Waals surface area contributed by atoms with Crippen molar-refractivity contribution in [2.45, 2.75) is 0 Å². The number of carbonyl (C=O) groups is 1. The van der Waals surface area contributed by atoms with Gasteiger partial charge in [-0.3, -0.25) is 0 Å². The summed E-state index contributed by atoms with van der Waals surface area (Å²) in [6, 6.07) is 6.83. The predicted octanol–water partition coefficient (Wildman–Crippen LogP) is 1.10. The van der Waals surface area contributed by atoms with E-state index in [1.807, 2.05) is 0 Å². The first-order chi connectivity index (χ1) is 5.68. The Kier molecular flexibility index (Phi) is 2.88. The summed E-state index contributed by atoms with van der Waals surface area (Å²) in [5.41, 5.74) is 0.781. The highest BCUT2D eigenvalue weighted by molar-refractivity contribution is 6.30. The fraction of sp³-hybridized carbons (Fsp3) is 0. The van der Waals surface area contributed by atoms with E-state index in [1.54, 1.807) is 24.3 Å². The molecule has 0 radical (unpaired) electrons. The molecule has 0 aromatic heterocycles. The van der Waals surface area contributed by atoms with Crippen molar-refractivity contribution in [2.24, 2.45) is 0 Å². The highest BCUT2D eigenvalue weighted by Gasteiger charge is 1.86. The zero-order valence-corrected chi connectivity index (χ0v) is 6.91. The maximum atomic E-state index is 10.0. The minimum absolute atomic E-state index is 0.626. The molecular formula is C9H6ClO2-. The van der Waals surface area contributed by atoms with Gasteiger partial charge in [0.25, 0.3) is 0 Å². The van der Waals surface area contributed by atoms with Crippen LogP contribution in [0, 0.1) is 0 Å². The second-order valence-corrected chi connectivity index (χ2v) is 2.64. The van der Waals surface area contributed by atoms with Crippen molar-refractivity contribution in [1.29, 1.82) is 0 Å². The molecule has 0 spiro atoms. The quantitative estimate of drug-likeness (QED) is 0.642. The first-order valence-electron chi connectivity index (χ1n) is 3.33. The monoisotopic (exact) mass is 181 g/mol. The van der Waals surface area contributed by atoms with Crippen LogP contribution in [0.3, 0.4) is 0 Å². The summed E-state index contributed by atoms with van der Waals surface area (Å²) in [7, 11) is 0. The molecule has 0 bridgehead atoms. The van der Waals surface area contributed by atoms with Gasteiger partial charge in [0.15, 0.2) is 0 Å². The van der Waals surface area contributed by atoms with Crippen molar-refractivity contribution >= 4 is 23.6 Å². The van der Waals surface area contributed by atoms with Crippen molar-refractivity contribution in [2.75, 3.05) is 0 Å². The third kappa shape index (κ3) is 2.76. The van der Waals surface area contributed by atoms with Gasteiger partial charge < -0.3 is 9.90 Å². The molecule has 1 aromatic carbocycles. The van der Waals surface area contributed by atoms with Crippen LogP contribution in [0.5, 0.6) is 0 Å². The average Bonchev–Trinajstić information content (AvgIpc) is 2.03. The molecule has 0 amide bonds. The van der Waals surface area contributed by atoms with Crippen LogP contribution in [0.1, 0.15) is 5.56 Å². The molecule has 0 unspecified atom stereocenters. The van der Waals surface area contributed by atoms with Gasteiger partial charge in [-0.2, -0.15) is 0 Å². The van der Waals surface area contributed by atoms with E-state index in [2.05, 4.69) is 0 Å². The number of aliphatic carboxylic acids is 1. The summed E-state index contributed by atoms with van der Waals surface area (Å²) < 4.78 is 0. The second kappa shape index (κ2) is 3.93. The maximum Gasteiger partial charge on any atom is 0.0643 e. The predicted molar refractivity (Wildman–Crippen MR) is 45.5 cm³/mol. The van der Waals surface area contributed by atoms with Crippen molar-refractivity contribution in [3.8, 4) is 0 Å². The SMILES string of the molecule is O=C([O-])/C=C/c1ccc(Cl)cc1. The summed E-state index contributed by atoms with van der Waals surface area (Å²) in [5, 5.41) is 10.6. The summed E-state index contributed by atoms with van der Waals surface area (Å²) >= 11 is 5.62. The zero-order chi connectivity index (χ0) is 8.97. The van der Waals surface area contributed by atoms with E-state index in [9.17, 15) is 9.90 Å². The third-order valence-corrected chi connectivity index (χ3v) is 1.53. The van der Waals surface area contributed by atoms with Crippen LogP contribution in [-0.2, 0) is 4.79 Å². The number of carboxylic acids is 1. The standard InChI is InChI=1S/C9H7ClO2/c10-8-4-1-7(2-5-8)3-6-9(11)12/h1-6H,(H,11,12)/p-1/b6-3+. The Balaban J connectivity index is 2.77. The van der Waals surface area contributed by atoms with Gasteiger partial charge in [-0.05, 0) is 23.8 Å². The van der Waals surface area contributed by atoms with Crippen molar-refractivity contribution in [1.82, 2.24) is 0 Å². The first-order valence-corrected chi connectivity index (χ1v) is 3.71. The first kappa shape index (κ1) is 8.81. The lowest BCUT2D eigenvalue weighted by molar-refractivity contribution is -0.297. The molecule has 1 rings (SSSR count). The minimum Gasteiger partial charge on any atom is -0.545 e. The lowest BCUT2D eigenvalue weighted by atomic mass is 10.2. The molecule has 62 valence electrons. The van der Waals surface area contributed by atoms with Crippen molar-refractivity contribution in [3.63, 3.8) is 0 Å². The number of rotatable bonds is 2. The normalized spacial score (nSPS) is 10.4. The summed E-state index contributed by atoms with van der Waals surface area (Å²) in [4.78, 5) is 10.0. The molecule has 0 atom stereocenters. The van der Waals surface area contributed by atoms with E-state index in [0.29, 0.717) is 5.02 Å². The molecular weight excluding hydrogens is 176 g/mol. The van der Waals surface area contributed by atoms with Crippen molar-refractivity contribution < 1.29 is 9.90 Å². The Morgan fingerprint density at radius 3 is 2.42 bits per heavy atom. The summed E-state index contributed by atoms with van der Waals surface area (Å²) in [6.45, 7) is 0. The maximum absolute atomic E-state index is 10.0. The van der Waals surface area contributed by atoms with Crippen LogP contribution in [-0.4, -0.2) is 5.97 Å². The number of hydrogen-bond donors (Lipinski definition) is 0. The highest BCUT2D eigenvalue weighted by atomic mass is 35.5. The summed E-state index contributed by atoms with van der Waals surface area (Å²) in [6.07, 6.45) is 2.43. The van der Waals surface area contributed by atoms with Crippen LogP contribution in [0.25, 0.3) is 6.08 Å². The lowest BCUT2D eigenvalue weighted by Crippen LogP contribution is -2.18. The van der Waals surface area contributed by atoms with Gasteiger partial charge in [-0.25, -0.2) is 0 Å². The van der Waals surface area contributed by atoms with Gasteiger partial charge >= 0.3 is 0 Å². The van der Waals surface area contributed by atoms with E-state index in [1.165, 1.54) is 6.08 Å². The fourth-order valence-corrected chi connectivity index (χ4v) is 0.864. The largest absolute Gasteiger partial charge is 0.545 e. The third-order valence-electron chi connectivity index (χ3n) is 1.28. The van der Waals surface area contributed by atoms with Gasteiger partial charge in [0.2, 0.25) is 0 Å². The smallest absolute Gasteiger partial charge is 0.0643 e. The van der Waals surface area contributed by atoms with Crippen LogP contribution >= 0.6 is 11.6 Å². The molecule has 0 heterocycles. The molecule has 12 heavy (non-hydrogen) atoms. The average molecular weight is 182 g/mol. The topological polar surface area (TPSA) is 40.1 Å². The molecule has 0 saturated carbocycles. The molecule has 3 heteroatoms. The van der Waals surface area contributed by atoms with Crippen LogP contribution in [0.15, 0.2) is 30.3 Å². The number of carbonyl (C=O) groups excluding carboxylic acids is 1. The molecule has 0 saturated heterocycles. The number of benzene rings is 1. The Morgan fingerprint density at radius 2 is 1.92 bits per heavy atom. The van der Waals surface area contributed by atoms with Gasteiger partial charge in [0, 0.05) is 5.02 Å². The van der Waals surface area contributed by atoms with Crippen LogP contribution in [0.4, 0.5) is 0 Å². The molecule has 1 aromatic rings. The minimum atomic E-state index is -1.20. The molecule has 0 N–H and O–H groups in total. The Labute approximate surface area is 75.1 Å². The second-order valence-electron chi connectivity index (χ2n) is 2.20. The van der Waals surface area contributed by atoms with Gasteiger partial charge in [-0.15, -0.1) is 0 Å². The van der Waals surface area contributed by atoms with E-state index in [0.717, 1.165) is 11.6 Å². The molecule has 0 fully saturated rings. The molecule has 0 aliphatic rings. The Hall–Kier alpha value is -1.28. The zero-order valence-electron chi connectivity index (χ0n) is 6.16. The molecule has 2 nitrogen and oxygen atoms in total. The van der Waals surface area contributed by atoms with Crippen molar-refractivity contribution in [3.05, 3.63) is 40.9 Å². The molecule has 0 aliphatic carbocycles. The highest BCUT2D eigenvalue weighted by Crippen LogP contribution is 2.10. The van der Waals surface area contributed by atoms with Gasteiger partial charge in [0.1, 0.15) is 0 Å². The summed E-state index contributed by atoms with van der Waals surface area (Å²) in [5.74, 6) is -1.20. The van der Waals surface area contributed by atoms with Gasteiger partial charge in [0.05, 0.1) is 5.97 Å². The number of hydrogen-bond acceptors (Lipinski definition) is 2. The van der Waals surface area contributed by atoms with E-state index in [-0.39, 0.29) is 0 Å². The Bertz CT molecular complexity index is 301. The fourth-order valence-electron chi connectivity index (χ4n) is 0.738. The van der Waals surface area contributed by atoms with E-state index >= 15 is 0 Å². The van der Waals surface area contributed by atoms with E-state index < -0.39 is 5.97 Å². The van der Waals surface area contributed by atoms with Crippen LogP contribution < -0.4 is 5.11 Å².